The predicted octanol–water partition coefficient (Wildman–Crippen LogP) is 3.84. The van der Waals surface area contributed by atoms with Crippen molar-refractivity contribution in [3.05, 3.63) is 64.7 Å². The topological polar surface area (TPSA) is 29.5 Å². The second-order valence-corrected chi connectivity index (χ2v) is 5.14. The number of aryl methyl sites for hydroxylation is 2. The van der Waals surface area contributed by atoms with Gasteiger partial charge in [0, 0.05) is 12.0 Å². The predicted molar refractivity (Wildman–Crippen MR) is 82.2 cm³/mol. The maximum Gasteiger partial charge on any atom is 0.124 e. The van der Waals surface area contributed by atoms with E-state index in [0.717, 1.165) is 28.9 Å². The molecule has 0 radical (unpaired) electrons. The summed E-state index contributed by atoms with van der Waals surface area (Å²) in [6.07, 6.45) is 1.09. The fourth-order valence-corrected chi connectivity index (χ4v) is 2.36. The molecule has 1 N–H and O–H groups in total. The molecule has 2 nitrogen and oxygen atoms in total. The van der Waals surface area contributed by atoms with Crippen LogP contribution in [0.25, 0.3) is 0 Å². The van der Waals surface area contributed by atoms with E-state index in [9.17, 15) is 5.11 Å². The largest absolute Gasteiger partial charge is 0.496 e. The Bertz CT molecular complexity index is 558. The van der Waals surface area contributed by atoms with Gasteiger partial charge in [0.2, 0.25) is 0 Å². The van der Waals surface area contributed by atoms with Gasteiger partial charge in [-0.3, -0.25) is 0 Å². The molecule has 0 aliphatic carbocycles. The number of aliphatic hydroxyl groups excluding tert-OH is 1. The van der Waals surface area contributed by atoms with Gasteiger partial charge in [-0.2, -0.15) is 0 Å². The van der Waals surface area contributed by atoms with Crippen LogP contribution in [0.4, 0.5) is 0 Å². The standard InChI is InChI=1S/C18H22O2/c1-4-14-6-8-15(9-7-14)12-17(19)16-11-13(2)5-10-18(16)20-3/h5-11,17,19H,4,12H2,1-3H3. The van der Waals surface area contributed by atoms with Crippen molar-refractivity contribution in [3.8, 4) is 5.75 Å². The SMILES string of the molecule is CCc1ccc(CC(O)c2cc(C)ccc2OC)cc1. The zero-order chi connectivity index (χ0) is 14.5. The Labute approximate surface area is 121 Å². The Morgan fingerprint density at radius 1 is 1.05 bits per heavy atom. The summed E-state index contributed by atoms with van der Waals surface area (Å²) in [5, 5.41) is 10.5. The average Bonchev–Trinajstić information content (AvgIpc) is 2.48. The van der Waals surface area contributed by atoms with Crippen LogP contribution in [0, 0.1) is 6.92 Å². The molecule has 0 saturated heterocycles. The molecule has 0 heterocycles. The third kappa shape index (κ3) is 3.40. The first kappa shape index (κ1) is 14.6. The Balaban J connectivity index is 2.18. The van der Waals surface area contributed by atoms with Crippen molar-refractivity contribution in [2.24, 2.45) is 0 Å². The van der Waals surface area contributed by atoms with E-state index in [-0.39, 0.29) is 0 Å². The highest BCUT2D eigenvalue weighted by Gasteiger charge is 2.14. The highest BCUT2D eigenvalue weighted by molar-refractivity contribution is 5.39. The molecule has 1 atom stereocenters. The van der Waals surface area contributed by atoms with E-state index in [1.165, 1.54) is 5.56 Å². The monoisotopic (exact) mass is 270 g/mol. The van der Waals surface area contributed by atoms with E-state index < -0.39 is 6.10 Å². The Morgan fingerprint density at radius 3 is 2.30 bits per heavy atom. The average molecular weight is 270 g/mol. The van der Waals surface area contributed by atoms with Crippen LogP contribution in [-0.4, -0.2) is 12.2 Å². The van der Waals surface area contributed by atoms with E-state index in [2.05, 4.69) is 31.2 Å². The summed E-state index contributed by atoms with van der Waals surface area (Å²) in [4.78, 5) is 0. The van der Waals surface area contributed by atoms with Crippen molar-refractivity contribution in [1.29, 1.82) is 0 Å². The molecule has 0 aromatic heterocycles. The van der Waals surface area contributed by atoms with Crippen LogP contribution < -0.4 is 4.74 Å². The number of ether oxygens (including phenoxy) is 1. The van der Waals surface area contributed by atoms with Crippen LogP contribution in [0.5, 0.6) is 5.75 Å². The minimum atomic E-state index is -0.544. The van der Waals surface area contributed by atoms with Crippen LogP contribution in [0.1, 0.15) is 35.3 Å². The molecular weight excluding hydrogens is 248 g/mol. The first-order valence-corrected chi connectivity index (χ1v) is 7.04. The molecule has 2 aromatic rings. The summed E-state index contributed by atoms with van der Waals surface area (Å²) >= 11 is 0. The minimum absolute atomic E-state index is 0.544. The quantitative estimate of drug-likeness (QED) is 0.894. The molecule has 0 amide bonds. The molecular formula is C18H22O2. The maximum absolute atomic E-state index is 10.5. The first-order chi connectivity index (χ1) is 9.63. The van der Waals surface area contributed by atoms with Crippen molar-refractivity contribution in [3.63, 3.8) is 0 Å². The van der Waals surface area contributed by atoms with Crippen LogP contribution in [-0.2, 0) is 12.8 Å². The lowest BCUT2D eigenvalue weighted by Gasteiger charge is -2.16. The number of hydrogen-bond acceptors (Lipinski definition) is 2. The third-order valence-corrected chi connectivity index (χ3v) is 3.60. The van der Waals surface area contributed by atoms with Gasteiger partial charge in [0.1, 0.15) is 5.75 Å². The summed E-state index contributed by atoms with van der Waals surface area (Å²) in [6, 6.07) is 14.3. The number of rotatable bonds is 5. The molecule has 2 heteroatoms. The zero-order valence-electron chi connectivity index (χ0n) is 12.4. The molecule has 0 fully saturated rings. The maximum atomic E-state index is 10.5. The highest BCUT2D eigenvalue weighted by Crippen LogP contribution is 2.28. The number of methoxy groups -OCH3 is 1. The molecule has 106 valence electrons. The van der Waals surface area contributed by atoms with Gasteiger partial charge in [0.15, 0.2) is 0 Å². The third-order valence-electron chi connectivity index (χ3n) is 3.60. The first-order valence-electron chi connectivity index (χ1n) is 7.04. The fraction of sp³-hybridized carbons (Fsp3) is 0.333. The summed E-state index contributed by atoms with van der Waals surface area (Å²) in [5.41, 5.74) is 4.43. The number of hydrogen-bond donors (Lipinski definition) is 1. The Morgan fingerprint density at radius 2 is 1.70 bits per heavy atom. The lowest BCUT2D eigenvalue weighted by Crippen LogP contribution is -2.04. The zero-order valence-corrected chi connectivity index (χ0v) is 12.4. The van der Waals surface area contributed by atoms with Crippen LogP contribution in [0.15, 0.2) is 42.5 Å². The Hall–Kier alpha value is -1.80. The smallest absolute Gasteiger partial charge is 0.124 e. The molecule has 0 bridgehead atoms. The normalized spacial score (nSPS) is 12.2. The van der Waals surface area contributed by atoms with Crippen LogP contribution in [0.2, 0.25) is 0 Å². The van der Waals surface area contributed by atoms with E-state index in [4.69, 9.17) is 4.74 Å². The lowest BCUT2D eigenvalue weighted by molar-refractivity contribution is 0.174. The molecule has 1 unspecified atom stereocenters. The fourth-order valence-electron chi connectivity index (χ4n) is 2.36. The molecule has 2 aromatic carbocycles. The van der Waals surface area contributed by atoms with Crippen molar-refractivity contribution in [2.45, 2.75) is 32.8 Å². The summed E-state index contributed by atoms with van der Waals surface area (Å²) < 4.78 is 5.34. The summed E-state index contributed by atoms with van der Waals surface area (Å²) in [7, 11) is 1.64. The van der Waals surface area contributed by atoms with Crippen molar-refractivity contribution < 1.29 is 9.84 Å². The van der Waals surface area contributed by atoms with Crippen molar-refractivity contribution in [2.75, 3.05) is 7.11 Å². The van der Waals surface area contributed by atoms with E-state index in [1.807, 2.05) is 25.1 Å². The minimum Gasteiger partial charge on any atom is -0.496 e. The van der Waals surface area contributed by atoms with Gasteiger partial charge >= 0.3 is 0 Å². The van der Waals surface area contributed by atoms with Gasteiger partial charge in [-0.25, -0.2) is 0 Å². The Kier molecular flexibility index (Phi) is 4.80. The van der Waals surface area contributed by atoms with E-state index in [0.29, 0.717) is 6.42 Å². The van der Waals surface area contributed by atoms with Gasteiger partial charge in [0.05, 0.1) is 13.2 Å². The molecule has 0 saturated carbocycles. The van der Waals surface area contributed by atoms with Crippen LogP contribution >= 0.6 is 0 Å². The molecule has 20 heavy (non-hydrogen) atoms. The molecule has 0 aliphatic rings. The lowest BCUT2D eigenvalue weighted by atomic mass is 9.98. The molecule has 0 spiro atoms. The van der Waals surface area contributed by atoms with Crippen molar-refractivity contribution in [1.82, 2.24) is 0 Å². The number of benzene rings is 2. The second kappa shape index (κ2) is 6.58. The van der Waals surface area contributed by atoms with E-state index in [1.54, 1.807) is 7.11 Å². The van der Waals surface area contributed by atoms with Crippen LogP contribution in [0.3, 0.4) is 0 Å². The van der Waals surface area contributed by atoms with Gasteiger partial charge in [-0.1, -0.05) is 42.8 Å². The number of aliphatic hydroxyl groups is 1. The summed E-state index contributed by atoms with van der Waals surface area (Å²) in [5.74, 6) is 0.744. The molecule has 0 aliphatic heterocycles. The van der Waals surface area contributed by atoms with Crippen molar-refractivity contribution >= 4 is 0 Å². The highest BCUT2D eigenvalue weighted by atomic mass is 16.5. The molecule has 2 rings (SSSR count). The summed E-state index contributed by atoms with van der Waals surface area (Å²) in [6.45, 7) is 4.16. The van der Waals surface area contributed by atoms with Gasteiger partial charge < -0.3 is 9.84 Å². The second-order valence-electron chi connectivity index (χ2n) is 5.14. The van der Waals surface area contributed by atoms with Gasteiger partial charge in [0.25, 0.3) is 0 Å². The van der Waals surface area contributed by atoms with Gasteiger partial charge in [-0.05, 0) is 36.6 Å². The van der Waals surface area contributed by atoms with Gasteiger partial charge in [-0.15, -0.1) is 0 Å². The van der Waals surface area contributed by atoms with E-state index >= 15 is 0 Å².